The van der Waals surface area contributed by atoms with E-state index in [2.05, 4.69) is 4.98 Å². The average molecular weight is 298 g/mol. The summed E-state index contributed by atoms with van der Waals surface area (Å²) in [6.45, 7) is 0. The highest BCUT2D eigenvalue weighted by atomic mass is 35.5. The predicted molar refractivity (Wildman–Crippen MR) is 54.4 cm³/mol. The third-order valence-electron chi connectivity index (χ3n) is 2.28. The van der Waals surface area contributed by atoms with Crippen LogP contribution in [0.15, 0.2) is 12.3 Å². The molecule has 0 amide bonds. The lowest BCUT2D eigenvalue weighted by atomic mass is 10.0. The van der Waals surface area contributed by atoms with Gasteiger partial charge in [0.1, 0.15) is 0 Å². The lowest BCUT2D eigenvalue weighted by Gasteiger charge is -2.09. The summed E-state index contributed by atoms with van der Waals surface area (Å²) in [5.41, 5.74) is -2.33. The Morgan fingerprint density at radius 3 is 1.79 bits per heavy atom. The maximum absolute atomic E-state index is 13.4. The quantitative estimate of drug-likeness (QED) is 0.332. The first kappa shape index (κ1) is 13.7. The molecule has 0 spiro atoms. The van der Waals surface area contributed by atoms with E-state index in [1.165, 1.54) is 0 Å². The van der Waals surface area contributed by atoms with Crippen LogP contribution in [0, 0.1) is 35.0 Å². The van der Waals surface area contributed by atoms with E-state index in [0.29, 0.717) is 6.07 Å². The fraction of sp³-hybridized carbons (Fsp3) is 0. The summed E-state index contributed by atoms with van der Waals surface area (Å²) in [5.74, 6) is -12.4. The molecule has 0 saturated carbocycles. The molecule has 2 rings (SSSR count). The summed E-state index contributed by atoms with van der Waals surface area (Å²) < 4.78 is 79.0. The molecular formula is C11H2ClF6N. The van der Waals surface area contributed by atoms with Gasteiger partial charge < -0.3 is 0 Å². The van der Waals surface area contributed by atoms with E-state index in [0.717, 1.165) is 6.20 Å². The van der Waals surface area contributed by atoms with E-state index in [1.807, 2.05) is 0 Å². The molecule has 2 aromatic rings. The molecule has 0 aliphatic heterocycles. The smallest absolute Gasteiger partial charge is 0.221 e. The van der Waals surface area contributed by atoms with Crippen LogP contribution in [0.3, 0.4) is 0 Å². The molecule has 0 bridgehead atoms. The molecule has 1 aromatic heterocycles. The van der Waals surface area contributed by atoms with Gasteiger partial charge >= 0.3 is 0 Å². The molecule has 8 heteroatoms. The Kier molecular flexibility index (Phi) is 3.40. The Morgan fingerprint density at radius 1 is 0.789 bits per heavy atom. The first-order chi connectivity index (χ1) is 8.84. The maximum Gasteiger partial charge on any atom is 0.221 e. The first-order valence-corrected chi connectivity index (χ1v) is 5.05. The second-order valence-electron chi connectivity index (χ2n) is 3.44. The van der Waals surface area contributed by atoms with E-state index in [1.54, 1.807) is 0 Å². The van der Waals surface area contributed by atoms with Crippen molar-refractivity contribution >= 4 is 11.6 Å². The molecule has 0 aliphatic rings. The van der Waals surface area contributed by atoms with Crippen molar-refractivity contribution in [3.05, 3.63) is 52.3 Å². The van der Waals surface area contributed by atoms with E-state index in [-0.39, 0.29) is 5.02 Å². The van der Waals surface area contributed by atoms with E-state index >= 15 is 0 Å². The van der Waals surface area contributed by atoms with Gasteiger partial charge in [-0.15, -0.1) is 0 Å². The van der Waals surface area contributed by atoms with Gasteiger partial charge in [0.2, 0.25) is 11.8 Å². The van der Waals surface area contributed by atoms with Crippen LogP contribution in [0.25, 0.3) is 11.1 Å². The molecule has 0 aliphatic carbocycles. The SMILES string of the molecule is Fc1ncc(Cl)cc1-c1c(F)c(F)c(F)c(F)c1F. The van der Waals surface area contributed by atoms with Crippen molar-refractivity contribution in [3.63, 3.8) is 0 Å². The zero-order chi connectivity index (χ0) is 14.3. The second-order valence-corrected chi connectivity index (χ2v) is 3.87. The molecule has 0 fully saturated rings. The van der Waals surface area contributed by atoms with E-state index < -0.39 is 46.2 Å². The monoisotopic (exact) mass is 297 g/mol. The van der Waals surface area contributed by atoms with Gasteiger partial charge in [0, 0.05) is 11.8 Å². The van der Waals surface area contributed by atoms with Crippen molar-refractivity contribution in [2.75, 3.05) is 0 Å². The van der Waals surface area contributed by atoms with Gasteiger partial charge in [0.25, 0.3) is 0 Å². The van der Waals surface area contributed by atoms with Gasteiger partial charge in [-0.2, -0.15) is 4.39 Å². The Balaban J connectivity index is 2.87. The number of nitrogens with zero attached hydrogens (tertiary/aromatic N) is 1. The summed E-state index contributed by atoms with van der Waals surface area (Å²) in [4.78, 5) is 3.05. The van der Waals surface area contributed by atoms with Crippen LogP contribution in [-0.4, -0.2) is 4.98 Å². The Labute approximate surface area is 107 Å². The van der Waals surface area contributed by atoms with Gasteiger partial charge in [-0.1, -0.05) is 11.6 Å². The summed E-state index contributed by atoms with van der Waals surface area (Å²) >= 11 is 5.45. The summed E-state index contributed by atoms with van der Waals surface area (Å²) in [6, 6.07) is 0.710. The van der Waals surface area contributed by atoms with Crippen LogP contribution in [0.2, 0.25) is 5.02 Å². The number of benzene rings is 1. The fourth-order valence-electron chi connectivity index (χ4n) is 1.44. The van der Waals surface area contributed by atoms with Crippen LogP contribution in [-0.2, 0) is 0 Å². The van der Waals surface area contributed by atoms with Crippen LogP contribution < -0.4 is 0 Å². The number of aromatic nitrogens is 1. The number of rotatable bonds is 1. The molecule has 0 atom stereocenters. The maximum atomic E-state index is 13.4. The molecule has 19 heavy (non-hydrogen) atoms. The standard InChI is InChI=1S/C11H2ClF6N/c12-3-1-4(11(18)19-2-3)5-6(13)8(15)10(17)9(16)7(5)14/h1-2H. The highest BCUT2D eigenvalue weighted by Crippen LogP contribution is 2.33. The van der Waals surface area contributed by atoms with Crippen LogP contribution >= 0.6 is 11.6 Å². The number of pyridine rings is 1. The van der Waals surface area contributed by atoms with Crippen LogP contribution in [0.1, 0.15) is 0 Å². The number of hydrogen-bond donors (Lipinski definition) is 0. The summed E-state index contributed by atoms with van der Waals surface area (Å²) in [5, 5.41) is -0.222. The highest BCUT2D eigenvalue weighted by molar-refractivity contribution is 6.30. The van der Waals surface area contributed by atoms with Gasteiger partial charge in [-0.05, 0) is 6.07 Å². The third-order valence-corrected chi connectivity index (χ3v) is 2.49. The number of halogens is 7. The molecule has 0 unspecified atom stereocenters. The van der Waals surface area contributed by atoms with Crippen molar-refractivity contribution < 1.29 is 26.3 Å². The van der Waals surface area contributed by atoms with Crippen LogP contribution in [0.4, 0.5) is 26.3 Å². The minimum Gasteiger partial charge on any atom is -0.226 e. The van der Waals surface area contributed by atoms with Crippen molar-refractivity contribution in [2.24, 2.45) is 0 Å². The zero-order valence-electron chi connectivity index (χ0n) is 8.75. The Bertz CT molecular complexity index is 644. The van der Waals surface area contributed by atoms with Gasteiger partial charge in [-0.3, -0.25) is 0 Å². The lowest BCUT2D eigenvalue weighted by Crippen LogP contribution is -2.05. The fourth-order valence-corrected chi connectivity index (χ4v) is 1.60. The Hall–Kier alpha value is -1.76. The Morgan fingerprint density at radius 2 is 1.26 bits per heavy atom. The summed E-state index contributed by atoms with van der Waals surface area (Å²) in [7, 11) is 0. The minimum atomic E-state index is -2.32. The highest BCUT2D eigenvalue weighted by Gasteiger charge is 2.28. The topological polar surface area (TPSA) is 12.9 Å². The molecule has 100 valence electrons. The molecule has 0 radical (unpaired) electrons. The molecule has 1 aromatic carbocycles. The average Bonchev–Trinajstić information content (AvgIpc) is 2.38. The normalized spacial score (nSPS) is 10.9. The minimum absolute atomic E-state index is 0.222. The molecular weight excluding hydrogens is 296 g/mol. The van der Waals surface area contributed by atoms with Gasteiger partial charge in [0.05, 0.1) is 10.6 Å². The molecule has 0 saturated heterocycles. The summed E-state index contributed by atoms with van der Waals surface area (Å²) in [6.07, 6.45) is 0.826. The zero-order valence-corrected chi connectivity index (χ0v) is 9.50. The van der Waals surface area contributed by atoms with Crippen molar-refractivity contribution in [3.8, 4) is 11.1 Å². The second kappa shape index (κ2) is 4.73. The molecule has 1 heterocycles. The van der Waals surface area contributed by atoms with E-state index in [9.17, 15) is 26.3 Å². The van der Waals surface area contributed by atoms with Crippen LogP contribution in [0.5, 0.6) is 0 Å². The van der Waals surface area contributed by atoms with Crippen molar-refractivity contribution in [2.45, 2.75) is 0 Å². The van der Waals surface area contributed by atoms with Gasteiger partial charge in [-0.25, -0.2) is 26.9 Å². The molecule has 0 N–H and O–H groups in total. The number of hydrogen-bond acceptors (Lipinski definition) is 1. The van der Waals surface area contributed by atoms with Crippen molar-refractivity contribution in [1.29, 1.82) is 0 Å². The lowest BCUT2D eigenvalue weighted by molar-refractivity contribution is 0.380. The predicted octanol–water partition coefficient (Wildman–Crippen LogP) is 4.24. The van der Waals surface area contributed by atoms with E-state index in [4.69, 9.17) is 11.6 Å². The molecule has 1 nitrogen and oxygen atoms in total. The largest absolute Gasteiger partial charge is 0.226 e. The first-order valence-electron chi connectivity index (χ1n) is 4.67. The van der Waals surface area contributed by atoms with Gasteiger partial charge in [0.15, 0.2) is 23.3 Å². The third kappa shape index (κ3) is 2.14. The van der Waals surface area contributed by atoms with Crippen molar-refractivity contribution in [1.82, 2.24) is 4.98 Å².